The van der Waals surface area contributed by atoms with Crippen molar-refractivity contribution in [3.8, 4) is 11.1 Å². The summed E-state index contributed by atoms with van der Waals surface area (Å²) in [5.74, 6) is -0.619. The van der Waals surface area contributed by atoms with Gasteiger partial charge in [0.2, 0.25) is 0 Å². The monoisotopic (exact) mass is 378 g/mol. The molecule has 0 radical (unpaired) electrons. The average molecular weight is 378 g/mol. The number of carboxylic acids is 1. The number of aromatic nitrogens is 1. The molecule has 2 N–H and O–H groups in total. The van der Waals surface area contributed by atoms with Crippen LogP contribution in [0.2, 0.25) is 0 Å². The average Bonchev–Trinajstić information content (AvgIpc) is 3.09. The number of para-hydroxylation sites is 1. The van der Waals surface area contributed by atoms with Gasteiger partial charge in [0.1, 0.15) is 5.69 Å². The predicted molar refractivity (Wildman–Crippen MR) is 111 cm³/mol. The number of ether oxygens (including phenoxy) is 1. The van der Waals surface area contributed by atoms with Crippen molar-refractivity contribution in [2.75, 3.05) is 26.3 Å². The van der Waals surface area contributed by atoms with E-state index in [-0.39, 0.29) is 5.69 Å². The van der Waals surface area contributed by atoms with E-state index in [4.69, 9.17) is 4.74 Å². The van der Waals surface area contributed by atoms with Gasteiger partial charge in [-0.1, -0.05) is 56.3 Å². The molecular formula is C23H26N2O3. The number of nitrogens with one attached hydrogen (secondary N) is 1. The van der Waals surface area contributed by atoms with E-state index in [1.165, 1.54) is 5.56 Å². The molecule has 2 heterocycles. The Bertz CT molecular complexity index is 983. The van der Waals surface area contributed by atoms with Gasteiger partial charge in [0.25, 0.3) is 0 Å². The molecule has 1 aliphatic heterocycles. The van der Waals surface area contributed by atoms with E-state index in [9.17, 15) is 9.90 Å². The molecule has 0 aliphatic carbocycles. The number of H-pyrrole nitrogens is 1. The number of hydrogen-bond donors (Lipinski definition) is 2. The SMILES string of the molecule is CC(C)c1cccc2c(-c3ccc(CN4CCOCC4)cc3)c(C(=O)O)[nH]c12. The number of rotatable bonds is 5. The smallest absolute Gasteiger partial charge is 0.352 e. The zero-order valence-corrected chi connectivity index (χ0v) is 16.4. The quantitative estimate of drug-likeness (QED) is 0.687. The maximum Gasteiger partial charge on any atom is 0.352 e. The van der Waals surface area contributed by atoms with Crippen LogP contribution >= 0.6 is 0 Å². The lowest BCUT2D eigenvalue weighted by Crippen LogP contribution is -2.35. The van der Waals surface area contributed by atoms with Gasteiger partial charge in [-0.05, 0) is 22.6 Å². The highest BCUT2D eigenvalue weighted by molar-refractivity contribution is 6.08. The molecule has 1 fully saturated rings. The third-order valence-electron chi connectivity index (χ3n) is 5.45. The summed E-state index contributed by atoms with van der Waals surface area (Å²) in [5, 5.41) is 10.7. The van der Waals surface area contributed by atoms with E-state index in [1.54, 1.807) is 0 Å². The Labute approximate surface area is 164 Å². The maximum atomic E-state index is 11.9. The second-order valence-corrected chi connectivity index (χ2v) is 7.69. The van der Waals surface area contributed by atoms with Crippen LogP contribution in [-0.4, -0.2) is 47.3 Å². The first-order chi connectivity index (χ1) is 13.5. The summed E-state index contributed by atoms with van der Waals surface area (Å²) in [7, 11) is 0. The van der Waals surface area contributed by atoms with E-state index < -0.39 is 5.97 Å². The molecule has 1 aromatic heterocycles. The van der Waals surface area contributed by atoms with Gasteiger partial charge in [-0.15, -0.1) is 0 Å². The van der Waals surface area contributed by atoms with E-state index in [0.717, 1.165) is 60.4 Å². The van der Waals surface area contributed by atoms with Crippen molar-refractivity contribution in [1.29, 1.82) is 0 Å². The van der Waals surface area contributed by atoms with Gasteiger partial charge in [0, 0.05) is 30.6 Å². The summed E-state index contributed by atoms with van der Waals surface area (Å²) in [6.45, 7) is 8.60. The minimum Gasteiger partial charge on any atom is -0.477 e. The van der Waals surface area contributed by atoms with Crippen LogP contribution in [0.5, 0.6) is 0 Å². The summed E-state index contributed by atoms with van der Waals surface area (Å²) in [4.78, 5) is 17.5. The number of morpholine rings is 1. The van der Waals surface area contributed by atoms with Crippen LogP contribution in [-0.2, 0) is 11.3 Å². The third-order valence-corrected chi connectivity index (χ3v) is 5.45. The summed E-state index contributed by atoms with van der Waals surface area (Å²) >= 11 is 0. The van der Waals surface area contributed by atoms with Gasteiger partial charge in [-0.3, -0.25) is 4.90 Å². The minimum absolute atomic E-state index is 0.254. The number of carboxylic acid groups (broad SMARTS) is 1. The number of carbonyl (C=O) groups is 1. The fraction of sp³-hybridized carbons (Fsp3) is 0.348. The Morgan fingerprint density at radius 2 is 1.86 bits per heavy atom. The summed E-state index contributed by atoms with van der Waals surface area (Å²) in [6, 6.07) is 14.3. The summed E-state index contributed by atoms with van der Waals surface area (Å²) in [5.41, 5.74) is 5.23. The van der Waals surface area contributed by atoms with Crippen LogP contribution in [0.25, 0.3) is 22.0 Å². The molecule has 0 unspecified atom stereocenters. The van der Waals surface area contributed by atoms with Crippen LogP contribution in [0.15, 0.2) is 42.5 Å². The number of aromatic carboxylic acids is 1. The molecule has 2 aromatic carbocycles. The van der Waals surface area contributed by atoms with Crippen LogP contribution in [0.4, 0.5) is 0 Å². The third kappa shape index (κ3) is 3.55. The number of benzene rings is 2. The molecule has 0 spiro atoms. The molecule has 1 aliphatic rings. The van der Waals surface area contributed by atoms with Crippen LogP contribution in [0.3, 0.4) is 0 Å². The lowest BCUT2D eigenvalue weighted by Gasteiger charge is -2.26. The molecule has 4 rings (SSSR count). The molecule has 5 heteroatoms. The number of fused-ring (bicyclic) bond motifs is 1. The Balaban J connectivity index is 1.72. The summed E-state index contributed by atoms with van der Waals surface area (Å²) < 4.78 is 5.41. The maximum absolute atomic E-state index is 11.9. The Kier molecular flexibility index (Phi) is 5.20. The fourth-order valence-electron chi connectivity index (χ4n) is 3.98. The lowest BCUT2D eigenvalue weighted by atomic mass is 9.96. The van der Waals surface area contributed by atoms with Crippen molar-refractivity contribution in [3.05, 3.63) is 59.3 Å². The van der Waals surface area contributed by atoms with Gasteiger partial charge < -0.3 is 14.8 Å². The van der Waals surface area contributed by atoms with Gasteiger partial charge in [0.05, 0.1) is 18.7 Å². The van der Waals surface area contributed by atoms with Crippen LogP contribution in [0, 0.1) is 0 Å². The van der Waals surface area contributed by atoms with Gasteiger partial charge >= 0.3 is 5.97 Å². The molecule has 5 nitrogen and oxygen atoms in total. The lowest BCUT2D eigenvalue weighted by molar-refractivity contribution is 0.0342. The summed E-state index contributed by atoms with van der Waals surface area (Å²) in [6.07, 6.45) is 0. The zero-order valence-electron chi connectivity index (χ0n) is 16.4. The van der Waals surface area contributed by atoms with Crippen molar-refractivity contribution in [3.63, 3.8) is 0 Å². The van der Waals surface area contributed by atoms with Gasteiger partial charge in [-0.2, -0.15) is 0 Å². The van der Waals surface area contributed by atoms with Crippen molar-refractivity contribution in [2.45, 2.75) is 26.3 Å². The molecular weight excluding hydrogens is 352 g/mol. The first kappa shape index (κ1) is 18.7. The molecule has 0 bridgehead atoms. The molecule has 0 amide bonds. The number of nitrogens with zero attached hydrogens (tertiary/aromatic N) is 1. The molecule has 146 valence electrons. The van der Waals surface area contributed by atoms with Crippen molar-refractivity contribution in [2.24, 2.45) is 0 Å². The van der Waals surface area contributed by atoms with E-state index in [0.29, 0.717) is 5.92 Å². The van der Waals surface area contributed by atoms with E-state index in [2.05, 4.69) is 41.9 Å². The molecule has 3 aromatic rings. The largest absolute Gasteiger partial charge is 0.477 e. The standard InChI is InChI=1S/C23H26N2O3/c1-15(2)18-4-3-5-19-20(22(23(26)27)24-21(18)19)17-8-6-16(7-9-17)14-25-10-12-28-13-11-25/h3-9,15,24H,10-14H2,1-2H3,(H,26,27). The number of hydrogen-bond acceptors (Lipinski definition) is 3. The Morgan fingerprint density at radius 1 is 1.14 bits per heavy atom. The van der Waals surface area contributed by atoms with Gasteiger partial charge in [-0.25, -0.2) is 4.79 Å². The second kappa shape index (κ2) is 7.78. The minimum atomic E-state index is -0.932. The molecule has 0 saturated carbocycles. The normalized spacial score (nSPS) is 15.4. The molecule has 28 heavy (non-hydrogen) atoms. The van der Waals surface area contributed by atoms with Crippen molar-refractivity contribution < 1.29 is 14.6 Å². The first-order valence-corrected chi connectivity index (χ1v) is 9.82. The van der Waals surface area contributed by atoms with Crippen molar-refractivity contribution >= 4 is 16.9 Å². The fourth-order valence-corrected chi connectivity index (χ4v) is 3.98. The molecule has 0 atom stereocenters. The van der Waals surface area contributed by atoms with E-state index >= 15 is 0 Å². The number of aromatic amines is 1. The topological polar surface area (TPSA) is 65.6 Å². The highest BCUT2D eigenvalue weighted by Crippen LogP contribution is 2.36. The highest BCUT2D eigenvalue weighted by atomic mass is 16.5. The zero-order chi connectivity index (χ0) is 19.7. The van der Waals surface area contributed by atoms with Crippen LogP contribution in [0.1, 0.15) is 41.4 Å². The Hall–Kier alpha value is -2.63. The molecule has 1 saturated heterocycles. The van der Waals surface area contributed by atoms with Crippen LogP contribution < -0.4 is 0 Å². The van der Waals surface area contributed by atoms with Gasteiger partial charge in [0.15, 0.2) is 0 Å². The van der Waals surface area contributed by atoms with E-state index in [1.807, 2.05) is 24.3 Å². The predicted octanol–water partition coefficient (Wildman–Crippen LogP) is 4.49. The van der Waals surface area contributed by atoms with Crippen molar-refractivity contribution in [1.82, 2.24) is 9.88 Å². The highest BCUT2D eigenvalue weighted by Gasteiger charge is 2.21. The first-order valence-electron chi connectivity index (χ1n) is 9.82. The Morgan fingerprint density at radius 3 is 2.50 bits per heavy atom. The second-order valence-electron chi connectivity index (χ2n) is 7.69.